The number of aromatic nitrogens is 2. The largest absolute Gasteiger partial charge is 0.319 e. The number of halogens is 1. The van der Waals surface area contributed by atoms with Gasteiger partial charge in [-0.2, -0.15) is 5.10 Å². The first kappa shape index (κ1) is 18.5. The lowest BCUT2D eigenvalue weighted by Crippen LogP contribution is -2.35. The minimum Gasteiger partial charge on any atom is -0.319 e. The second-order valence-electron chi connectivity index (χ2n) is 6.04. The van der Waals surface area contributed by atoms with Gasteiger partial charge >= 0.3 is 0 Å². The number of rotatable bonds is 10. The first-order chi connectivity index (χ1) is 10.1. The topological polar surface area (TPSA) is 29.9 Å². The van der Waals surface area contributed by atoms with Crippen molar-refractivity contribution in [2.24, 2.45) is 5.41 Å². The minimum absolute atomic E-state index is 0.284. The van der Waals surface area contributed by atoms with E-state index in [-0.39, 0.29) is 5.41 Å². The summed E-state index contributed by atoms with van der Waals surface area (Å²) in [4.78, 5) is 0. The molecule has 1 unspecified atom stereocenters. The molecule has 1 N–H and O–H groups in total. The zero-order chi connectivity index (χ0) is 15.9. The van der Waals surface area contributed by atoms with Crippen molar-refractivity contribution in [3.63, 3.8) is 0 Å². The van der Waals surface area contributed by atoms with Crippen LogP contribution in [0.4, 0.5) is 0 Å². The highest BCUT2D eigenvalue weighted by molar-refractivity contribution is 6.31. The molecule has 122 valence electrons. The molecule has 0 spiro atoms. The standard InChI is InChI=1S/C17H32ClN3/c1-6-10-11-17(8-3,13-19-5)12-15-16(18)14(7-2)20-21(15)9-4/h19H,6-13H2,1-5H3. The fraction of sp³-hybridized carbons (Fsp3) is 0.824. The maximum atomic E-state index is 6.60. The third-order valence-electron chi connectivity index (χ3n) is 4.60. The summed E-state index contributed by atoms with van der Waals surface area (Å²) >= 11 is 6.60. The summed E-state index contributed by atoms with van der Waals surface area (Å²) in [6.45, 7) is 10.8. The van der Waals surface area contributed by atoms with Gasteiger partial charge in [-0.1, -0.05) is 45.2 Å². The average molecular weight is 314 g/mol. The molecule has 21 heavy (non-hydrogen) atoms. The predicted octanol–water partition coefficient (Wildman–Crippen LogP) is 4.47. The summed E-state index contributed by atoms with van der Waals surface area (Å²) in [5.41, 5.74) is 2.55. The van der Waals surface area contributed by atoms with E-state index in [9.17, 15) is 0 Å². The summed E-state index contributed by atoms with van der Waals surface area (Å²) in [5, 5.41) is 8.96. The second kappa shape index (κ2) is 8.79. The zero-order valence-corrected chi connectivity index (χ0v) is 15.2. The van der Waals surface area contributed by atoms with Gasteiger partial charge in [0.05, 0.1) is 16.4 Å². The van der Waals surface area contributed by atoms with E-state index in [1.807, 2.05) is 7.05 Å². The van der Waals surface area contributed by atoms with Crippen LogP contribution in [-0.2, 0) is 19.4 Å². The van der Waals surface area contributed by atoms with Crippen molar-refractivity contribution in [3.05, 3.63) is 16.4 Å². The number of aryl methyl sites for hydroxylation is 2. The molecule has 1 atom stereocenters. The molecule has 0 aliphatic rings. The van der Waals surface area contributed by atoms with Crippen molar-refractivity contribution in [2.45, 2.75) is 72.8 Å². The van der Waals surface area contributed by atoms with Gasteiger partial charge < -0.3 is 5.32 Å². The van der Waals surface area contributed by atoms with Gasteiger partial charge in [-0.25, -0.2) is 0 Å². The molecule has 0 saturated carbocycles. The number of hydrogen-bond acceptors (Lipinski definition) is 2. The first-order valence-corrected chi connectivity index (χ1v) is 8.83. The molecule has 0 amide bonds. The Kier molecular flexibility index (Phi) is 7.75. The van der Waals surface area contributed by atoms with Crippen LogP contribution in [0.3, 0.4) is 0 Å². The highest BCUT2D eigenvalue weighted by atomic mass is 35.5. The molecule has 0 fully saturated rings. The molecule has 1 aromatic heterocycles. The van der Waals surface area contributed by atoms with Gasteiger partial charge in [0.2, 0.25) is 0 Å². The van der Waals surface area contributed by atoms with Crippen LogP contribution in [0.25, 0.3) is 0 Å². The van der Waals surface area contributed by atoms with Crippen LogP contribution in [0.15, 0.2) is 0 Å². The highest BCUT2D eigenvalue weighted by Gasteiger charge is 2.30. The highest BCUT2D eigenvalue weighted by Crippen LogP contribution is 2.35. The van der Waals surface area contributed by atoms with Crippen LogP contribution in [0.1, 0.15) is 64.8 Å². The zero-order valence-electron chi connectivity index (χ0n) is 14.4. The molecule has 0 saturated heterocycles. The van der Waals surface area contributed by atoms with E-state index in [1.165, 1.54) is 31.4 Å². The van der Waals surface area contributed by atoms with E-state index in [0.717, 1.165) is 36.6 Å². The Hall–Kier alpha value is -0.540. The van der Waals surface area contributed by atoms with Gasteiger partial charge in [0, 0.05) is 13.1 Å². The average Bonchev–Trinajstić information content (AvgIpc) is 2.80. The first-order valence-electron chi connectivity index (χ1n) is 8.46. The Morgan fingerprint density at radius 1 is 1.24 bits per heavy atom. The molecule has 3 nitrogen and oxygen atoms in total. The molecule has 0 aliphatic carbocycles. The van der Waals surface area contributed by atoms with Crippen LogP contribution >= 0.6 is 11.6 Å². The lowest BCUT2D eigenvalue weighted by atomic mass is 9.76. The van der Waals surface area contributed by atoms with Crippen LogP contribution in [0, 0.1) is 5.41 Å². The smallest absolute Gasteiger partial charge is 0.0850 e. The molecule has 0 aliphatic heterocycles. The molecule has 0 aromatic carbocycles. The molecular formula is C17H32ClN3. The molecule has 0 radical (unpaired) electrons. The lowest BCUT2D eigenvalue weighted by Gasteiger charge is -2.33. The molecule has 4 heteroatoms. The van der Waals surface area contributed by atoms with Crippen LogP contribution in [0.2, 0.25) is 5.02 Å². The van der Waals surface area contributed by atoms with Crippen molar-refractivity contribution in [1.29, 1.82) is 0 Å². The Bertz CT molecular complexity index is 428. The second-order valence-corrected chi connectivity index (χ2v) is 6.42. The van der Waals surface area contributed by atoms with E-state index in [4.69, 9.17) is 11.6 Å². The minimum atomic E-state index is 0.284. The Labute approximate surface area is 135 Å². The third-order valence-corrected chi connectivity index (χ3v) is 5.04. The quantitative estimate of drug-likeness (QED) is 0.691. The number of nitrogens with zero attached hydrogens (tertiary/aromatic N) is 2. The summed E-state index contributed by atoms with van der Waals surface area (Å²) in [6.07, 6.45) is 6.84. The van der Waals surface area contributed by atoms with Gasteiger partial charge in [0.1, 0.15) is 0 Å². The summed E-state index contributed by atoms with van der Waals surface area (Å²) in [6, 6.07) is 0. The third kappa shape index (κ3) is 4.46. The fourth-order valence-electron chi connectivity index (χ4n) is 3.13. The summed E-state index contributed by atoms with van der Waals surface area (Å²) in [5.74, 6) is 0. The predicted molar refractivity (Wildman–Crippen MR) is 92.2 cm³/mol. The van der Waals surface area contributed by atoms with Crippen molar-refractivity contribution >= 4 is 11.6 Å². The summed E-state index contributed by atoms with van der Waals surface area (Å²) in [7, 11) is 2.05. The van der Waals surface area contributed by atoms with E-state index >= 15 is 0 Å². The van der Waals surface area contributed by atoms with Crippen molar-refractivity contribution in [1.82, 2.24) is 15.1 Å². The molecule has 1 aromatic rings. The van der Waals surface area contributed by atoms with E-state index in [1.54, 1.807) is 0 Å². The van der Waals surface area contributed by atoms with Crippen LogP contribution in [-0.4, -0.2) is 23.4 Å². The van der Waals surface area contributed by atoms with Crippen molar-refractivity contribution in [3.8, 4) is 0 Å². The van der Waals surface area contributed by atoms with E-state index in [0.29, 0.717) is 0 Å². The summed E-state index contributed by atoms with van der Waals surface area (Å²) < 4.78 is 2.10. The molecule has 1 heterocycles. The van der Waals surface area contributed by atoms with Gasteiger partial charge in [-0.05, 0) is 45.1 Å². The van der Waals surface area contributed by atoms with Crippen molar-refractivity contribution < 1.29 is 0 Å². The number of hydrogen-bond donors (Lipinski definition) is 1. The maximum Gasteiger partial charge on any atom is 0.0850 e. The molecular weight excluding hydrogens is 282 g/mol. The number of unbranched alkanes of at least 4 members (excludes halogenated alkanes) is 1. The fourth-order valence-corrected chi connectivity index (χ4v) is 3.47. The Morgan fingerprint density at radius 2 is 1.95 bits per heavy atom. The van der Waals surface area contributed by atoms with Crippen LogP contribution < -0.4 is 5.32 Å². The molecule has 1 rings (SSSR count). The lowest BCUT2D eigenvalue weighted by molar-refractivity contribution is 0.229. The monoisotopic (exact) mass is 313 g/mol. The molecule has 0 bridgehead atoms. The van der Waals surface area contributed by atoms with E-state index < -0.39 is 0 Å². The van der Waals surface area contributed by atoms with Gasteiger partial charge in [0.25, 0.3) is 0 Å². The van der Waals surface area contributed by atoms with Gasteiger partial charge in [-0.3, -0.25) is 4.68 Å². The van der Waals surface area contributed by atoms with Crippen LogP contribution in [0.5, 0.6) is 0 Å². The maximum absolute atomic E-state index is 6.60. The normalized spacial score (nSPS) is 14.4. The van der Waals surface area contributed by atoms with E-state index in [2.05, 4.69) is 42.8 Å². The van der Waals surface area contributed by atoms with Gasteiger partial charge in [-0.15, -0.1) is 0 Å². The Balaban J connectivity index is 3.09. The number of nitrogens with one attached hydrogen (secondary N) is 1. The van der Waals surface area contributed by atoms with Gasteiger partial charge in [0.15, 0.2) is 0 Å². The van der Waals surface area contributed by atoms with Crippen molar-refractivity contribution in [2.75, 3.05) is 13.6 Å². The SMILES string of the molecule is CCCCC(CC)(CNC)Cc1c(Cl)c(CC)nn1CC. The Morgan fingerprint density at radius 3 is 2.43 bits per heavy atom.